The Morgan fingerprint density at radius 3 is 3.00 bits per heavy atom. The minimum Gasteiger partial charge on any atom is -0.378 e. The van der Waals surface area contributed by atoms with E-state index < -0.39 is 0 Å². The third kappa shape index (κ3) is 1.96. The molecule has 0 bridgehead atoms. The quantitative estimate of drug-likeness (QED) is 0.758. The fraction of sp³-hybridized carbons (Fsp3) is 0.167. The highest BCUT2D eigenvalue weighted by Crippen LogP contribution is 2.24. The molecule has 0 saturated carbocycles. The van der Waals surface area contributed by atoms with Crippen LogP contribution >= 0.6 is 11.3 Å². The standard InChI is InChI=1S/C12H11N3O2S/c1-17-5-11-13-10(6-18-11)7-2-3-8-9(4-7)15-12(16)14-8/h2-4,6H,5H2,1H3,(H2,14,15,16). The van der Waals surface area contributed by atoms with E-state index >= 15 is 0 Å². The number of nitrogens with one attached hydrogen (secondary N) is 2. The molecular formula is C12H11N3O2S. The van der Waals surface area contributed by atoms with Crippen molar-refractivity contribution >= 4 is 22.4 Å². The highest BCUT2D eigenvalue weighted by atomic mass is 32.1. The Morgan fingerprint density at radius 2 is 2.17 bits per heavy atom. The molecule has 0 aliphatic rings. The van der Waals surface area contributed by atoms with E-state index in [0.717, 1.165) is 27.3 Å². The molecule has 0 radical (unpaired) electrons. The minimum absolute atomic E-state index is 0.194. The van der Waals surface area contributed by atoms with Crippen LogP contribution in [0.2, 0.25) is 0 Å². The lowest BCUT2D eigenvalue weighted by Crippen LogP contribution is -1.99. The summed E-state index contributed by atoms with van der Waals surface area (Å²) < 4.78 is 5.05. The molecule has 0 spiro atoms. The molecule has 0 fully saturated rings. The number of H-pyrrole nitrogens is 2. The van der Waals surface area contributed by atoms with Crippen LogP contribution in [0.4, 0.5) is 0 Å². The van der Waals surface area contributed by atoms with Crippen LogP contribution in [0.5, 0.6) is 0 Å². The van der Waals surface area contributed by atoms with Crippen molar-refractivity contribution in [2.45, 2.75) is 6.61 Å². The van der Waals surface area contributed by atoms with Gasteiger partial charge in [-0.3, -0.25) is 0 Å². The van der Waals surface area contributed by atoms with Gasteiger partial charge in [-0.05, 0) is 12.1 Å². The van der Waals surface area contributed by atoms with E-state index in [2.05, 4.69) is 15.0 Å². The van der Waals surface area contributed by atoms with E-state index in [0.29, 0.717) is 6.61 Å². The van der Waals surface area contributed by atoms with Crippen molar-refractivity contribution in [3.05, 3.63) is 39.1 Å². The molecule has 0 aliphatic heterocycles. The van der Waals surface area contributed by atoms with Crippen LogP contribution in [0.15, 0.2) is 28.4 Å². The maximum Gasteiger partial charge on any atom is 0.323 e. The molecule has 0 unspecified atom stereocenters. The fourth-order valence-corrected chi connectivity index (χ4v) is 2.60. The topological polar surface area (TPSA) is 70.8 Å². The second-order valence-electron chi connectivity index (χ2n) is 3.90. The summed E-state index contributed by atoms with van der Waals surface area (Å²) in [7, 11) is 1.65. The molecule has 2 N–H and O–H groups in total. The number of methoxy groups -OCH3 is 1. The first kappa shape index (κ1) is 11.2. The van der Waals surface area contributed by atoms with Crippen molar-refractivity contribution in [1.29, 1.82) is 0 Å². The van der Waals surface area contributed by atoms with E-state index in [1.54, 1.807) is 18.4 Å². The van der Waals surface area contributed by atoms with Crippen LogP contribution in [0, 0.1) is 0 Å². The molecule has 0 atom stereocenters. The molecule has 2 aromatic heterocycles. The number of aromatic amines is 2. The van der Waals surface area contributed by atoms with Crippen molar-refractivity contribution in [1.82, 2.24) is 15.0 Å². The van der Waals surface area contributed by atoms with Gasteiger partial charge in [0, 0.05) is 18.1 Å². The monoisotopic (exact) mass is 261 g/mol. The minimum atomic E-state index is -0.194. The lowest BCUT2D eigenvalue weighted by Gasteiger charge is -1.96. The first-order chi connectivity index (χ1) is 8.76. The van der Waals surface area contributed by atoms with Crippen LogP contribution < -0.4 is 5.69 Å². The van der Waals surface area contributed by atoms with Crippen molar-refractivity contribution in [2.75, 3.05) is 7.11 Å². The number of ether oxygens (including phenoxy) is 1. The van der Waals surface area contributed by atoms with Gasteiger partial charge in [0.05, 0.1) is 23.3 Å². The zero-order valence-corrected chi connectivity index (χ0v) is 10.5. The predicted octanol–water partition coefficient (Wildman–Crippen LogP) is 2.13. The average molecular weight is 261 g/mol. The summed E-state index contributed by atoms with van der Waals surface area (Å²) in [6.45, 7) is 0.522. The fourth-order valence-electron chi connectivity index (χ4n) is 1.83. The summed E-state index contributed by atoms with van der Waals surface area (Å²) in [6, 6.07) is 5.73. The van der Waals surface area contributed by atoms with Crippen LogP contribution in [0.25, 0.3) is 22.3 Å². The zero-order valence-electron chi connectivity index (χ0n) is 9.69. The van der Waals surface area contributed by atoms with Gasteiger partial charge in [0.25, 0.3) is 0 Å². The van der Waals surface area contributed by atoms with Crippen LogP contribution in [0.3, 0.4) is 0 Å². The van der Waals surface area contributed by atoms with E-state index in [1.165, 1.54) is 0 Å². The largest absolute Gasteiger partial charge is 0.378 e. The molecule has 92 valence electrons. The molecule has 3 rings (SSSR count). The maximum absolute atomic E-state index is 11.2. The van der Waals surface area contributed by atoms with E-state index in [4.69, 9.17) is 4.74 Å². The smallest absolute Gasteiger partial charge is 0.323 e. The number of rotatable bonds is 3. The number of hydrogen-bond donors (Lipinski definition) is 2. The maximum atomic E-state index is 11.2. The Bertz CT molecular complexity index is 741. The Labute approximate surface area is 106 Å². The van der Waals surface area contributed by atoms with Gasteiger partial charge in [-0.25, -0.2) is 9.78 Å². The Balaban J connectivity index is 2.04. The summed E-state index contributed by atoms with van der Waals surface area (Å²) in [6.07, 6.45) is 0. The average Bonchev–Trinajstić information content (AvgIpc) is 2.93. The van der Waals surface area contributed by atoms with E-state index in [-0.39, 0.29) is 5.69 Å². The first-order valence-electron chi connectivity index (χ1n) is 5.42. The highest BCUT2D eigenvalue weighted by Gasteiger charge is 2.06. The highest BCUT2D eigenvalue weighted by molar-refractivity contribution is 7.09. The number of thiazole rings is 1. The lowest BCUT2D eigenvalue weighted by atomic mass is 10.1. The molecule has 1 aromatic carbocycles. The van der Waals surface area contributed by atoms with Gasteiger partial charge in [-0.2, -0.15) is 0 Å². The Hall–Kier alpha value is -1.92. The molecule has 5 nitrogen and oxygen atoms in total. The molecule has 18 heavy (non-hydrogen) atoms. The summed E-state index contributed by atoms with van der Waals surface area (Å²) >= 11 is 1.56. The van der Waals surface area contributed by atoms with Gasteiger partial charge < -0.3 is 14.7 Å². The van der Waals surface area contributed by atoms with Crippen molar-refractivity contribution in [3.8, 4) is 11.3 Å². The predicted molar refractivity (Wildman–Crippen MR) is 70.7 cm³/mol. The van der Waals surface area contributed by atoms with Crippen molar-refractivity contribution < 1.29 is 4.74 Å². The summed E-state index contributed by atoms with van der Waals surface area (Å²) in [5, 5.41) is 2.93. The lowest BCUT2D eigenvalue weighted by molar-refractivity contribution is 0.184. The van der Waals surface area contributed by atoms with Crippen LogP contribution in [-0.2, 0) is 11.3 Å². The number of aromatic nitrogens is 3. The van der Waals surface area contributed by atoms with Gasteiger partial charge in [-0.15, -0.1) is 11.3 Å². The van der Waals surface area contributed by atoms with Crippen molar-refractivity contribution in [2.24, 2.45) is 0 Å². The number of fused-ring (bicyclic) bond motifs is 1. The molecule has 2 heterocycles. The third-order valence-corrected chi connectivity index (χ3v) is 3.45. The third-order valence-electron chi connectivity index (χ3n) is 2.63. The van der Waals surface area contributed by atoms with E-state index in [9.17, 15) is 4.79 Å². The zero-order chi connectivity index (χ0) is 12.5. The second-order valence-corrected chi connectivity index (χ2v) is 4.84. The number of hydrogen-bond acceptors (Lipinski definition) is 4. The van der Waals surface area contributed by atoms with Gasteiger partial charge >= 0.3 is 5.69 Å². The number of benzene rings is 1. The molecule has 6 heteroatoms. The second kappa shape index (κ2) is 4.40. The first-order valence-corrected chi connectivity index (χ1v) is 6.30. The summed E-state index contributed by atoms with van der Waals surface area (Å²) in [5.74, 6) is 0. The van der Waals surface area contributed by atoms with E-state index in [1.807, 2.05) is 23.6 Å². The molecule has 3 aromatic rings. The normalized spacial score (nSPS) is 11.2. The van der Waals surface area contributed by atoms with Crippen LogP contribution in [-0.4, -0.2) is 22.1 Å². The van der Waals surface area contributed by atoms with Crippen LogP contribution in [0.1, 0.15) is 5.01 Å². The summed E-state index contributed by atoms with van der Waals surface area (Å²) in [4.78, 5) is 21.1. The Morgan fingerprint density at radius 1 is 1.33 bits per heavy atom. The molecule has 0 amide bonds. The van der Waals surface area contributed by atoms with Crippen molar-refractivity contribution in [3.63, 3.8) is 0 Å². The van der Waals surface area contributed by atoms with Gasteiger partial charge in [0.2, 0.25) is 0 Å². The molecule has 0 saturated heterocycles. The SMILES string of the molecule is COCc1nc(-c2ccc3[nH]c(=O)[nH]c3c2)cs1. The summed E-state index contributed by atoms with van der Waals surface area (Å²) in [5.41, 5.74) is 3.28. The number of imidazole rings is 1. The van der Waals surface area contributed by atoms with Gasteiger partial charge in [0.1, 0.15) is 5.01 Å². The molecule has 0 aliphatic carbocycles. The number of nitrogens with zero attached hydrogens (tertiary/aromatic N) is 1. The van der Waals surface area contributed by atoms with Gasteiger partial charge in [0.15, 0.2) is 0 Å². The van der Waals surface area contributed by atoms with Gasteiger partial charge in [-0.1, -0.05) is 6.07 Å². The Kier molecular flexibility index (Phi) is 2.73. The molecular weight excluding hydrogens is 250 g/mol.